The van der Waals surface area contributed by atoms with Gasteiger partial charge in [-0.05, 0) is 82.8 Å². The number of benzene rings is 2. The van der Waals surface area contributed by atoms with Crippen LogP contribution in [0.3, 0.4) is 0 Å². The number of furan rings is 1. The topological polar surface area (TPSA) is 109 Å². The van der Waals surface area contributed by atoms with Gasteiger partial charge in [0.15, 0.2) is 18.1 Å². The molecule has 11 heteroatoms. The zero-order chi connectivity index (χ0) is 31.8. The van der Waals surface area contributed by atoms with Gasteiger partial charge in [0, 0.05) is 19.6 Å². The van der Waals surface area contributed by atoms with E-state index in [1.54, 1.807) is 36.6 Å². The van der Waals surface area contributed by atoms with Crippen molar-refractivity contribution in [1.29, 1.82) is 0 Å². The lowest BCUT2D eigenvalue weighted by atomic mass is 10.00. The molecule has 0 atom stereocenters. The number of nitrogens with zero attached hydrogens (tertiary/aromatic N) is 1. The van der Waals surface area contributed by atoms with Crippen molar-refractivity contribution < 1.29 is 42.1 Å². The quantitative estimate of drug-likeness (QED) is 0.272. The van der Waals surface area contributed by atoms with Crippen molar-refractivity contribution in [2.24, 2.45) is 0 Å². The van der Waals surface area contributed by atoms with Gasteiger partial charge in [-0.3, -0.25) is 9.69 Å². The molecule has 1 saturated heterocycles. The fraction of sp³-hybridized carbons (Fsp3) is 0.353. The van der Waals surface area contributed by atoms with Crippen LogP contribution >= 0.6 is 0 Å². The Morgan fingerprint density at radius 2 is 1.80 bits per heavy atom. The smallest absolute Gasteiger partial charge is 0.344 e. The maximum absolute atomic E-state index is 14.4. The molecule has 0 unspecified atom stereocenters. The van der Waals surface area contributed by atoms with E-state index in [9.17, 15) is 14.0 Å². The van der Waals surface area contributed by atoms with Gasteiger partial charge in [-0.15, -0.1) is 0 Å². The average molecular weight is 621 g/mol. The van der Waals surface area contributed by atoms with E-state index in [0.29, 0.717) is 42.6 Å². The molecule has 3 aromatic rings. The Labute approximate surface area is 261 Å². The van der Waals surface area contributed by atoms with Crippen molar-refractivity contribution in [2.75, 3.05) is 60.3 Å². The zero-order valence-electron chi connectivity index (χ0n) is 25.7. The SMILES string of the molecule is COc1cc(/C=C2/C(C)=C(CC(=O)NCc3ccco3)c3cc(F)ccc32)cc(OC)c1OCC(=O)OCCN1CCOCC1. The van der Waals surface area contributed by atoms with E-state index in [0.717, 1.165) is 40.9 Å². The highest BCUT2D eigenvalue weighted by Gasteiger charge is 2.26. The normalized spacial score (nSPS) is 15.6. The van der Waals surface area contributed by atoms with Crippen LogP contribution in [-0.2, 0) is 25.6 Å². The summed E-state index contributed by atoms with van der Waals surface area (Å²) in [4.78, 5) is 27.4. The van der Waals surface area contributed by atoms with Crippen LogP contribution in [0.25, 0.3) is 17.2 Å². The van der Waals surface area contributed by atoms with Crippen LogP contribution in [0.2, 0.25) is 0 Å². The lowest BCUT2D eigenvalue weighted by Gasteiger charge is -2.26. The van der Waals surface area contributed by atoms with E-state index >= 15 is 0 Å². The Bertz CT molecular complexity index is 1550. The summed E-state index contributed by atoms with van der Waals surface area (Å²) in [6.07, 6.45) is 3.55. The molecule has 2 heterocycles. The predicted octanol–water partition coefficient (Wildman–Crippen LogP) is 4.72. The third kappa shape index (κ3) is 7.92. The molecule has 1 aliphatic heterocycles. The highest BCUT2D eigenvalue weighted by atomic mass is 19.1. The van der Waals surface area contributed by atoms with Crippen molar-refractivity contribution in [2.45, 2.75) is 19.9 Å². The number of esters is 1. The molecule has 0 bridgehead atoms. The number of carbonyl (C=O) groups is 2. The van der Waals surface area contributed by atoms with Crippen molar-refractivity contribution in [3.63, 3.8) is 0 Å². The summed E-state index contributed by atoms with van der Waals surface area (Å²) < 4.78 is 47.4. The second-order valence-electron chi connectivity index (χ2n) is 10.6. The standard InChI is InChI=1S/C34H37FN2O8/c1-22-27(26-7-6-24(35)18-29(26)28(22)19-32(38)36-20-25-5-4-11-43-25)15-23-16-30(40-2)34(31(17-23)41-3)45-21-33(39)44-14-10-37-8-12-42-13-9-37/h4-7,11,15-18H,8-10,12-14,19-21H2,1-3H3,(H,36,38)/b27-15-. The molecule has 1 aromatic heterocycles. The summed E-state index contributed by atoms with van der Waals surface area (Å²) in [5.74, 6) is 0.528. The number of halogens is 1. The first kappa shape index (κ1) is 31.8. The number of nitrogens with one attached hydrogen (secondary N) is 1. The first-order valence-electron chi connectivity index (χ1n) is 14.7. The molecule has 1 fully saturated rings. The van der Waals surface area contributed by atoms with Gasteiger partial charge in [0.25, 0.3) is 0 Å². The molecule has 10 nitrogen and oxygen atoms in total. The van der Waals surface area contributed by atoms with Crippen LogP contribution < -0.4 is 19.5 Å². The van der Waals surface area contributed by atoms with Crippen molar-refractivity contribution in [3.05, 3.63) is 82.6 Å². The number of hydrogen-bond acceptors (Lipinski definition) is 9. The van der Waals surface area contributed by atoms with Crippen molar-refractivity contribution in [3.8, 4) is 17.2 Å². The third-order valence-corrected chi connectivity index (χ3v) is 7.73. The minimum Gasteiger partial charge on any atom is -0.493 e. The molecule has 1 N–H and O–H groups in total. The van der Waals surface area contributed by atoms with Gasteiger partial charge in [-0.25, -0.2) is 9.18 Å². The average Bonchev–Trinajstić information content (AvgIpc) is 3.66. The van der Waals surface area contributed by atoms with Gasteiger partial charge in [-0.1, -0.05) is 6.07 Å². The Kier molecular flexibility index (Phi) is 10.5. The van der Waals surface area contributed by atoms with Crippen LogP contribution in [-0.4, -0.2) is 77.1 Å². The van der Waals surface area contributed by atoms with E-state index in [-0.39, 0.29) is 43.7 Å². The van der Waals surface area contributed by atoms with Crippen LogP contribution in [0.1, 0.15) is 35.8 Å². The molecule has 0 saturated carbocycles. The number of carbonyl (C=O) groups excluding carboxylic acids is 2. The second kappa shape index (κ2) is 14.9. The van der Waals surface area contributed by atoms with Crippen LogP contribution in [0, 0.1) is 5.82 Å². The van der Waals surface area contributed by atoms with E-state index in [1.165, 1.54) is 26.4 Å². The Morgan fingerprint density at radius 1 is 1.04 bits per heavy atom. The van der Waals surface area contributed by atoms with Gasteiger partial charge < -0.3 is 33.4 Å². The fourth-order valence-corrected chi connectivity index (χ4v) is 5.38. The molecule has 2 aromatic carbocycles. The first-order chi connectivity index (χ1) is 21.9. The summed E-state index contributed by atoms with van der Waals surface area (Å²) in [5.41, 5.74) is 4.61. The molecule has 0 spiro atoms. The molecular weight excluding hydrogens is 583 g/mol. The van der Waals surface area contributed by atoms with Gasteiger partial charge >= 0.3 is 5.97 Å². The summed E-state index contributed by atoms with van der Waals surface area (Å²) in [7, 11) is 2.99. The highest BCUT2D eigenvalue weighted by molar-refractivity contribution is 6.08. The van der Waals surface area contributed by atoms with Gasteiger partial charge in [0.1, 0.15) is 18.2 Å². The number of methoxy groups -OCH3 is 2. The number of ether oxygens (including phenoxy) is 5. The van der Waals surface area contributed by atoms with E-state index < -0.39 is 5.97 Å². The molecular formula is C34H37FN2O8. The number of amides is 1. The summed E-state index contributed by atoms with van der Waals surface area (Å²) >= 11 is 0. The number of allylic oxidation sites excluding steroid dienone is 2. The summed E-state index contributed by atoms with van der Waals surface area (Å²) in [6.45, 7) is 5.72. The van der Waals surface area contributed by atoms with Crippen LogP contribution in [0.15, 0.2) is 58.7 Å². The fourth-order valence-electron chi connectivity index (χ4n) is 5.38. The number of hydrogen-bond donors (Lipinski definition) is 1. The zero-order valence-corrected chi connectivity index (χ0v) is 25.7. The largest absolute Gasteiger partial charge is 0.493 e. The second-order valence-corrected chi connectivity index (χ2v) is 10.6. The summed E-state index contributed by atoms with van der Waals surface area (Å²) in [6, 6.07) is 11.6. The maximum atomic E-state index is 14.4. The number of rotatable bonds is 13. The van der Waals surface area contributed by atoms with Crippen LogP contribution in [0.4, 0.5) is 4.39 Å². The van der Waals surface area contributed by atoms with Gasteiger partial charge in [0.2, 0.25) is 11.7 Å². The maximum Gasteiger partial charge on any atom is 0.344 e. The lowest BCUT2D eigenvalue weighted by Crippen LogP contribution is -2.38. The predicted molar refractivity (Wildman–Crippen MR) is 165 cm³/mol. The van der Waals surface area contributed by atoms with E-state index in [4.69, 9.17) is 28.1 Å². The van der Waals surface area contributed by atoms with Gasteiger partial charge in [0.05, 0.1) is 46.7 Å². The summed E-state index contributed by atoms with van der Waals surface area (Å²) in [5, 5.41) is 2.86. The highest BCUT2D eigenvalue weighted by Crippen LogP contribution is 2.45. The molecule has 2 aliphatic rings. The molecule has 45 heavy (non-hydrogen) atoms. The molecule has 1 amide bonds. The third-order valence-electron chi connectivity index (χ3n) is 7.73. The van der Waals surface area contributed by atoms with E-state index in [1.807, 2.05) is 13.0 Å². The van der Waals surface area contributed by atoms with E-state index in [2.05, 4.69) is 10.2 Å². The molecule has 238 valence electrons. The Hall–Kier alpha value is -4.61. The minimum atomic E-state index is -0.505. The van der Waals surface area contributed by atoms with Crippen molar-refractivity contribution in [1.82, 2.24) is 10.2 Å². The van der Waals surface area contributed by atoms with Crippen molar-refractivity contribution >= 4 is 29.1 Å². The monoisotopic (exact) mass is 620 g/mol. The number of fused-ring (bicyclic) bond motifs is 1. The number of morpholine rings is 1. The molecule has 5 rings (SSSR count). The van der Waals surface area contributed by atoms with Gasteiger partial charge in [-0.2, -0.15) is 0 Å². The van der Waals surface area contributed by atoms with Crippen LogP contribution in [0.5, 0.6) is 17.2 Å². The molecule has 0 radical (unpaired) electrons. The Balaban J connectivity index is 1.32. The first-order valence-corrected chi connectivity index (χ1v) is 14.7. The Morgan fingerprint density at radius 3 is 2.49 bits per heavy atom. The molecule has 1 aliphatic carbocycles. The minimum absolute atomic E-state index is 0.0717. The lowest BCUT2D eigenvalue weighted by molar-refractivity contribution is -0.146.